The summed E-state index contributed by atoms with van der Waals surface area (Å²) < 4.78 is 12.8. The highest BCUT2D eigenvalue weighted by atomic mass is 19.1. The van der Waals surface area contributed by atoms with Crippen LogP contribution in [0.5, 0.6) is 5.75 Å². The Balaban J connectivity index is 2.21. The summed E-state index contributed by atoms with van der Waals surface area (Å²) >= 11 is 0. The molecule has 8 heteroatoms. The van der Waals surface area contributed by atoms with Crippen molar-refractivity contribution in [2.45, 2.75) is 6.54 Å². The van der Waals surface area contributed by atoms with Gasteiger partial charge in [0.2, 0.25) is 5.43 Å². The predicted molar refractivity (Wildman–Crippen MR) is 79.7 cm³/mol. The number of amides is 2. The second kappa shape index (κ2) is 6.73. The zero-order valence-corrected chi connectivity index (χ0v) is 12.1. The van der Waals surface area contributed by atoms with Crippen molar-refractivity contribution in [2.75, 3.05) is 7.05 Å². The largest absolute Gasteiger partial charge is 0.503 e. The van der Waals surface area contributed by atoms with E-state index in [4.69, 9.17) is 0 Å². The van der Waals surface area contributed by atoms with Gasteiger partial charge in [-0.1, -0.05) is 12.1 Å². The molecule has 1 aromatic heterocycles. The first-order chi connectivity index (χ1) is 10.9. The number of aromatic hydroxyl groups is 1. The predicted octanol–water partition coefficient (Wildman–Crippen LogP) is 0.509. The van der Waals surface area contributed by atoms with Gasteiger partial charge in [-0.3, -0.25) is 14.4 Å². The lowest BCUT2D eigenvalue weighted by Gasteiger charge is -2.08. The SMILES string of the molecule is CNC(=O)c1cc(=O)c(O)c(C(=O)NCc2ccc(F)cc2)[nH]1. The lowest BCUT2D eigenvalue weighted by Crippen LogP contribution is -2.28. The Labute approximate surface area is 130 Å². The molecule has 7 nitrogen and oxygen atoms in total. The monoisotopic (exact) mass is 319 g/mol. The smallest absolute Gasteiger partial charge is 0.271 e. The minimum Gasteiger partial charge on any atom is -0.503 e. The summed E-state index contributed by atoms with van der Waals surface area (Å²) in [6.07, 6.45) is 0. The van der Waals surface area contributed by atoms with E-state index in [0.29, 0.717) is 5.56 Å². The molecule has 2 rings (SSSR count). The highest BCUT2D eigenvalue weighted by Crippen LogP contribution is 2.10. The van der Waals surface area contributed by atoms with E-state index in [2.05, 4.69) is 15.6 Å². The summed E-state index contributed by atoms with van der Waals surface area (Å²) in [4.78, 5) is 37.6. The summed E-state index contributed by atoms with van der Waals surface area (Å²) in [5.41, 5.74) is -0.793. The molecule has 23 heavy (non-hydrogen) atoms. The highest BCUT2D eigenvalue weighted by molar-refractivity contribution is 5.97. The maximum absolute atomic E-state index is 12.8. The highest BCUT2D eigenvalue weighted by Gasteiger charge is 2.18. The van der Waals surface area contributed by atoms with Crippen LogP contribution >= 0.6 is 0 Å². The molecule has 0 radical (unpaired) electrons. The average Bonchev–Trinajstić information content (AvgIpc) is 2.55. The van der Waals surface area contributed by atoms with E-state index in [0.717, 1.165) is 6.07 Å². The van der Waals surface area contributed by atoms with Gasteiger partial charge in [-0.2, -0.15) is 0 Å². The maximum atomic E-state index is 12.8. The molecule has 0 saturated carbocycles. The molecule has 0 saturated heterocycles. The van der Waals surface area contributed by atoms with Crippen molar-refractivity contribution in [1.29, 1.82) is 0 Å². The third-order valence-electron chi connectivity index (χ3n) is 3.07. The third kappa shape index (κ3) is 3.73. The number of nitrogens with one attached hydrogen (secondary N) is 3. The second-order valence-corrected chi connectivity index (χ2v) is 4.66. The fourth-order valence-corrected chi connectivity index (χ4v) is 1.85. The van der Waals surface area contributed by atoms with E-state index < -0.39 is 34.5 Å². The molecule has 2 amide bonds. The molecule has 4 N–H and O–H groups in total. The minimum absolute atomic E-state index is 0.0603. The first-order valence-electron chi connectivity index (χ1n) is 6.63. The number of aromatic amines is 1. The van der Waals surface area contributed by atoms with Gasteiger partial charge in [-0.25, -0.2) is 4.39 Å². The summed E-state index contributed by atoms with van der Waals surface area (Å²) in [7, 11) is 1.36. The molecule has 0 aliphatic heterocycles. The number of hydrogen-bond acceptors (Lipinski definition) is 4. The zero-order valence-electron chi connectivity index (χ0n) is 12.1. The molecule has 0 spiro atoms. The Morgan fingerprint density at radius 1 is 1.22 bits per heavy atom. The Morgan fingerprint density at radius 2 is 1.87 bits per heavy atom. The number of aromatic nitrogens is 1. The van der Waals surface area contributed by atoms with E-state index in [1.54, 1.807) is 0 Å². The standard InChI is InChI=1S/C15H14FN3O4/c1-17-14(22)10-6-11(20)13(21)12(19-10)15(23)18-7-8-2-4-9(16)5-3-8/h2-6,21H,7H2,1H3,(H,17,22)(H,18,23)(H,19,20). The van der Waals surface area contributed by atoms with Crippen molar-refractivity contribution in [3.05, 3.63) is 63.3 Å². The Hall–Kier alpha value is -3.16. The quantitative estimate of drug-likeness (QED) is 0.658. The first kappa shape index (κ1) is 16.2. The fraction of sp³-hybridized carbons (Fsp3) is 0.133. The van der Waals surface area contributed by atoms with Gasteiger partial charge in [0.1, 0.15) is 11.5 Å². The van der Waals surface area contributed by atoms with Crippen LogP contribution in [0, 0.1) is 5.82 Å². The van der Waals surface area contributed by atoms with Gasteiger partial charge in [0.25, 0.3) is 11.8 Å². The van der Waals surface area contributed by atoms with Crippen molar-refractivity contribution in [2.24, 2.45) is 0 Å². The fourth-order valence-electron chi connectivity index (χ4n) is 1.85. The van der Waals surface area contributed by atoms with Crippen molar-refractivity contribution in [3.8, 4) is 5.75 Å². The number of carbonyl (C=O) groups excluding carboxylic acids is 2. The molecule has 120 valence electrons. The zero-order chi connectivity index (χ0) is 17.0. The van der Waals surface area contributed by atoms with Gasteiger partial charge in [0.05, 0.1) is 0 Å². The number of halogens is 1. The molecule has 0 atom stereocenters. The van der Waals surface area contributed by atoms with Crippen LogP contribution in [0.4, 0.5) is 4.39 Å². The summed E-state index contributed by atoms with van der Waals surface area (Å²) in [6, 6.07) is 6.35. The summed E-state index contributed by atoms with van der Waals surface area (Å²) in [5.74, 6) is -2.56. The molecule has 0 unspecified atom stereocenters. The minimum atomic E-state index is -0.853. The first-order valence-corrected chi connectivity index (χ1v) is 6.63. The lowest BCUT2D eigenvalue weighted by atomic mass is 10.2. The number of pyridine rings is 1. The number of benzene rings is 1. The van der Waals surface area contributed by atoms with Crippen LogP contribution in [-0.4, -0.2) is 29.0 Å². The van der Waals surface area contributed by atoms with E-state index in [1.165, 1.54) is 31.3 Å². The van der Waals surface area contributed by atoms with Gasteiger partial charge in [0.15, 0.2) is 11.4 Å². The molecule has 1 aromatic carbocycles. The van der Waals surface area contributed by atoms with Gasteiger partial charge in [-0.05, 0) is 17.7 Å². The van der Waals surface area contributed by atoms with Crippen molar-refractivity contribution in [3.63, 3.8) is 0 Å². The van der Waals surface area contributed by atoms with E-state index in [1.807, 2.05) is 0 Å². The van der Waals surface area contributed by atoms with Crippen molar-refractivity contribution >= 4 is 11.8 Å². The Morgan fingerprint density at radius 3 is 2.48 bits per heavy atom. The molecule has 0 aliphatic rings. The second-order valence-electron chi connectivity index (χ2n) is 4.66. The van der Waals surface area contributed by atoms with Gasteiger partial charge >= 0.3 is 0 Å². The number of rotatable bonds is 4. The molecular formula is C15H14FN3O4. The van der Waals surface area contributed by atoms with Crippen LogP contribution in [0.25, 0.3) is 0 Å². The molecule has 0 fully saturated rings. The van der Waals surface area contributed by atoms with Crippen LogP contribution < -0.4 is 16.1 Å². The molecule has 0 bridgehead atoms. The third-order valence-corrected chi connectivity index (χ3v) is 3.07. The van der Waals surface area contributed by atoms with Gasteiger partial charge in [0, 0.05) is 19.7 Å². The van der Waals surface area contributed by atoms with E-state index in [9.17, 15) is 23.9 Å². The van der Waals surface area contributed by atoms with Crippen molar-refractivity contribution in [1.82, 2.24) is 15.6 Å². The van der Waals surface area contributed by atoms with E-state index >= 15 is 0 Å². The van der Waals surface area contributed by atoms with Crippen LogP contribution in [-0.2, 0) is 6.54 Å². The summed E-state index contributed by atoms with van der Waals surface area (Å²) in [6.45, 7) is 0.0603. The Bertz CT molecular complexity index is 799. The number of carbonyl (C=O) groups is 2. The van der Waals surface area contributed by atoms with Crippen LogP contribution in [0.3, 0.4) is 0 Å². The molecule has 0 aliphatic carbocycles. The van der Waals surface area contributed by atoms with Gasteiger partial charge < -0.3 is 20.7 Å². The van der Waals surface area contributed by atoms with Crippen molar-refractivity contribution < 1.29 is 19.1 Å². The molecule has 1 heterocycles. The molecular weight excluding hydrogens is 305 g/mol. The maximum Gasteiger partial charge on any atom is 0.271 e. The van der Waals surface area contributed by atoms with E-state index in [-0.39, 0.29) is 12.2 Å². The average molecular weight is 319 g/mol. The lowest BCUT2D eigenvalue weighted by molar-refractivity contribution is 0.0941. The topological polar surface area (TPSA) is 111 Å². The van der Waals surface area contributed by atoms with Crippen LogP contribution in [0.1, 0.15) is 26.5 Å². The number of H-pyrrole nitrogens is 1. The van der Waals surface area contributed by atoms with Crippen LogP contribution in [0.15, 0.2) is 35.1 Å². The van der Waals surface area contributed by atoms with Gasteiger partial charge in [-0.15, -0.1) is 0 Å². The molecule has 2 aromatic rings. The normalized spacial score (nSPS) is 10.2. The number of hydrogen-bond donors (Lipinski definition) is 4. The summed E-state index contributed by atoms with van der Waals surface area (Å²) in [5, 5.41) is 14.5. The Kier molecular flexibility index (Phi) is 4.75. The van der Waals surface area contributed by atoms with Crippen LogP contribution in [0.2, 0.25) is 0 Å².